The summed E-state index contributed by atoms with van der Waals surface area (Å²) in [5.41, 5.74) is -1.18. The molecule has 0 saturated carbocycles. The zero-order chi connectivity index (χ0) is 32.3. The van der Waals surface area contributed by atoms with Crippen LogP contribution in [-0.2, 0) is 38.3 Å². The molecule has 0 fully saturated rings. The van der Waals surface area contributed by atoms with E-state index in [2.05, 4.69) is 5.10 Å². The summed E-state index contributed by atoms with van der Waals surface area (Å²) in [5, 5.41) is 3.68. The Kier molecular flexibility index (Phi) is 10.1. The molecule has 1 aromatic carbocycles. The minimum atomic E-state index is -4.61. The Morgan fingerprint density at radius 1 is 1.02 bits per heavy atom. The fourth-order valence-electron chi connectivity index (χ4n) is 4.36. The number of esters is 1. The van der Waals surface area contributed by atoms with Gasteiger partial charge in [0.05, 0.1) is 6.42 Å². The lowest BCUT2D eigenvalue weighted by atomic mass is 10.1. The monoisotopic (exact) mass is 610 g/mol. The molecule has 0 radical (unpaired) electrons. The van der Waals surface area contributed by atoms with Gasteiger partial charge in [0.2, 0.25) is 5.91 Å². The van der Waals surface area contributed by atoms with Crippen LogP contribution in [-0.4, -0.2) is 63.5 Å². The van der Waals surface area contributed by atoms with E-state index < -0.39 is 35.1 Å². The fourth-order valence-corrected chi connectivity index (χ4v) is 4.36. The third kappa shape index (κ3) is 9.62. The van der Waals surface area contributed by atoms with E-state index in [1.165, 1.54) is 20.7 Å². The van der Waals surface area contributed by atoms with Gasteiger partial charge in [-0.25, -0.2) is 4.79 Å². The van der Waals surface area contributed by atoms with Gasteiger partial charge < -0.3 is 19.1 Å². The number of halogens is 3. The summed E-state index contributed by atoms with van der Waals surface area (Å²) < 4.78 is 58.2. The molecule has 2 amide bonds. The maximum absolute atomic E-state index is 13.5. The summed E-state index contributed by atoms with van der Waals surface area (Å²) in [5.74, 6) is -0.531. The zero-order valence-electron chi connectivity index (χ0n) is 26.0. The lowest BCUT2D eigenvalue weighted by molar-refractivity contribution is -0.155. The Labute approximate surface area is 250 Å². The Balaban J connectivity index is 1.71. The molecule has 0 atom stereocenters. The van der Waals surface area contributed by atoms with Crippen molar-refractivity contribution in [3.8, 4) is 5.75 Å². The SMILES string of the molecule is CC(C)n1cc(COc2ccc3c(c2)CCN3C(=O)CN(CCC(=O)OC(C)(C)C)C(=O)OC(C)(C)C)c(C(F)(F)F)n1. The smallest absolute Gasteiger partial charge is 0.435 e. The van der Waals surface area contributed by atoms with Crippen LogP contribution in [0.5, 0.6) is 5.75 Å². The number of aromatic nitrogens is 2. The van der Waals surface area contributed by atoms with Crippen molar-refractivity contribution in [1.29, 1.82) is 0 Å². The van der Waals surface area contributed by atoms with E-state index in [0.717, 1.165) is 5.56 Å². The second-order valence-corrected chi connectivity index (χ2v) is 12.7. The molecule has 2 heterocycles. The standard InChI is InChI=1S/C30H41F3N4O6/c1-19(2)37-16-21(26(34-37)30(31,32)33)18-41-22-9-10-23-20(15-22)11-14-36(23)24(38)17-35(27(40)43-29(6,7)8)13-12-25(39)42-28(3,4)5/h9-10,15-16,19H,11-14,17-18H2,1-8H3. The van der Waals surface area contributed by atoms with Gasteiger partial charge in [-0.15, -0.1) is 0 Å². The molecular formula is C30H41F3N4O6. The fraction of sp³-hybridized carbons (Fsp3) is 0.600. The van der Waals surface area contributed by atoms with E-state index in [9.17, 15) is 27.6 Å². The highest BCUT2D eigenvalue weighted by Gasteiger charge is 2.37. The van der Waals surface area contributed by atoms with Crippen LogP contribution in [0, 0.1) is 0 Å². The highest BCUT2D eigenvalue weighted by Crippen LogP contribution is 2.34. The van der Waals surface area contributed by atoms with E-state index >= 15 is 0 Å². The van der Waals surface area contributed by atoms with Gasteiger partial charge in [-0.2, -0.15) is 18.3 Å². The van der Waals surface area contributed by atoms with Crippen molar-refractivity contribution < 1.29 is 41.8 Å². The van der Waals surface area contributed by atoms with Crippen molar-refractivity contribution in [2.45, 2.75) is 98.3 Å². The minimum Gasteiger partial charge on any atom is -0.489 e. The first-order valence-corrected chi connectivity index (χ1v) is 14.1. The Morgan fingerprint density at radius 3 is 2.26 bits per heavy atom. The van der Waals surface area contributed by atoms with E-state index in [-0.39, 0.29) is 43.6 Å². The van der Waals surface area contributed by atoms with E-state index in [1.54, 1.807) is 73.6 Å². The van der Waals surface area contributed by atoms with Crippen LogP contribution in [0.1, 0.15) is 84.7 Å². The topological polar surface area (TPSA) is 103 Å². The molecule has 0 spiro atoms. The van der Waals surface area contributed by atoms with Gasteiger partial charge in [-0.3, -0.25) is 19.2 Å². The summed E-state index contributed by atoms with van der Waals surface area (Å²) in [6.07, 6.45) is -3.64. The number of hydrogen-bond acceptors (Lipinski definition) is 7. The summed E-state index contributed by atoms with van der Waals surface area (Å²) in [4.78, 5) is 41.3. The van der Waals surface area contributed by atoms with Crippen molar-refractivity contribution in [1.82, 2.24) is 14.7 Å². The van der Waals surface area contributed by atoms with Crippen molar-refractivity contribution in [2.75, 3.05) is 24.5 Å². The molecule has 0 bridgehead atoms. The molecule has 2 aromatic rings. The van der Waals surface area contributed by atoms with Gasteiger partial charge in [0.25, 0.3) is 0 Å². The molecular weight excluding hydrogens is 569 g/mol. The largest absolute Gasteiger partial charge is 0.489 e. The summed E-state index contributed by atoms with van der Waals surface area (Å²) in [6, 6.07) is 4.69. The quantitative estimate of drug-likeness (QED) is 0.325. The summed E-state index contributed by atoms with van der Waals surface area (Å²) in [6.45, 7) is 13.4. The first-order chi connectivity index (χ1) is 19.7. The molecule has 0 saturated heterocycles. The number of benzene rings is 1. The maximum Gasteiger partial charge on any atom is 0.435 e. The number of ether oxygens (including phenoxy) is 3. The van der Waals surface area contributed by atoms with Gasteiger partial charge in [0, 0.05) is 36.6 Å². The van der Waals surface area contributed by atoms with Crippen LogP contribution in [0.4, 0.5) is 23.7 Å². The van der Waals surface area contributed by atoms with E-state index in [4.69, 9.17) is 14.2 Å². The zero-order valence-corrected chi connectivity index (χ0v) is 26.0. The number of carbonyl (C=O) groups excluding carboxylic acids is 3. The first kappa shape index (κ1) is 33.7. The van der Waals surface area contributed by atoms with Crippen LogP contribution in [0.2, 0.25) is 0 Å². The predicted octanol–water partition coefficient (Wildman–Crippen LogP) is 5.92. The number of fused-ring (bicyclic) bond motifs is 1. The summed E-state index contributed by atoms with van der Waals surface area (Å²) in [7, 11) is 0. The molecule has 1 aliphatic rings. The van der Waals surface area contributed by atoms with Crippen molar-refractivity contribution in [2.24, 2.45) is 0 Å². The molecule has 43 heavy (non-hydrogen) atoms. The molecule has 10 nitrogen and oxygen atoms in total. The molecule has 238 valence electrons. The highest BCUT2D eigenvalue weighted by atomic mass is 19.4. The van der Waals surface area contributed by atoms with Crippen molar-refractivity contribution in [3.63, 3.8) is 0 Å². The predicted molar refractivity (Wildman–Crippen MR) is 153 cm³/mol. The number of hydrogen-bond donors (Lipinski definition) is 0. The number of nitrogens with zero attached hydrogens (tertiary/aromatic N) is 4. The number of rotatable bonds is 9. The number of alkyl halides is 3. The number of carbonyl (C=O) groups is 3. The maximum atomic E-state index is 13.5. The van der Waals surface area contributed by atoms with Gasteiger partial charge in [-0.1, -0.05) is 0 Å². The minimum absolute atomic E-state index is 0.0731. The molecule has 3 rings (SSSR count). The first-order valence-electron chi connectivity index (χ1n) is 14.1. The molecule has 1 aliphatic heterocycles. The molecule has 0 unspecified atom stereocenters. The van der Waals surface area contributed by atoms with Gasteiger partial charge in [0.1, 0.15) is 30.1 Å². The van der Waals surface area contributed by atoms with Crippen LogP contribution < -0.4 is 9.64 Å². The normalized spacial score (nSPS) is 13.6. The van der Waals surface area contributed by atoms with Crippen LogP contribution in [0.3, 0.4) is 0 Å². The second-order valence-electron chi connectivity index (χ2n) is 12.7. The van der Waals surface area contributed by atoms with Crippen LogP contribution in [0.15, 0.2) is 24.4 Å². The van der Waals surface area contributed by atoms with Gasteiger partial charge in [-0.05, 0) is 85.6 Å². The van der Waals surface area contributed by atoms with Crippen LogP contribution in [0.25, 0.3) is 0 Å². The Hall–Kier alpha value is -3.77. The van der Waals surface area contributed by atoms with Crippen LogP contribution >= 0.6 is 0 Å². The Bertz CT molecular complexity index is 1320. The highest BCUT2D eigenvalue weighted by molar-refractivity contribution is 5.98. The third-order valence-electron chi connectivity index (χ3n) is 6.23. The third-order valence-corrected chi connectivity index (χ3v) is 6.23. The lowest BCUT2D eigenvalue weighted by Gasteiger charge is -2.29. The average Bonchev–Trinajstić information content (AvgIpc) is 3.47. The van der Waals surface area contributed by atoms with Crippen molar-refractivity contribution >= 4 is 23.7 Å². The van der Waals surface area contributed by atoms with Gasteiger partial charge >= 0.3 is 18.2 Å². The lowest BCUT2D eigenvalue weighted by Crippen LogP contribution is -2.45. The summed E-state index contributed by atoms with van der Waals surface area (Å²) >= 11 is 0. The Morgan fingerprint density at radius 2 is 1.67 bits per heavy atom. The molecule has 13 heteroatoms. The van der Waals surface area contributed by atoms with Gasteiger partial charge in [0.15, 0.2) is 5.69 Å². The molecule has 1 aromatic heterocycles. The number of amides is 2. The molecule has 0 N–H and O–H groups in total. The molecule has 0 aliphatic carbocycles. The average molecular weight is 611 g/mol. The van der Waals surface area contributed by atoms with E-state index in [1.807, 2.05) is 0 Å². The number of anilines is 1. The second kappa shape index (κ2) is 12.8. The van der Waals surface area contributed by atoms with E-state index in [0.29, 0.717) is 24.4 Å². The van der Waals surface area contributed by atoms with Crippen molar-refractivity contribution in [3.05, 3.63) is 41.2 Å².